The molecule has 2 rings (SSSR count). The van der Waals surface area contributed by atoms with Crippen molar-refractivity contribution >= 4 is 11.9 Å². The Morgan fingerprint density at radius 1 is 1.22 bits per heavy atom. The van der Waals surface area contributed by atoms with Gasteiger partial charge in [-0.1, -0.05) is 6.07 Å². The van der Waals surface area contributed by atoms with Crippen LogP contribution in [0.2, 0.25) is 0 Å². The molecule has 1 fully saturated rings. The van der Waals surface area contributed by atoms with Crippen LogP contribution in [0, 0.1) is 11.6 Å². The standard InChI is InChI=1S/C16H19F2NO4/c17-11-6-5-10(9-12(11)18)16-13(7-8-23-16)19-14(20)3-1-2-4-15(21)22/h5-6,9,13,16H,1-4,7-8H2,(H,19,20)(H,21,22). The largest absolute Gasteiger partial charge is 0.481 e. The van der Waals surface area contributed by atoms with Crippen LogP contribution in [0.15, 0.2) is 18.2 Å². The Morgan fingerprint density at radius 3 is 2.65 bits per heavy atom. The van der Waals surface area contributed by atoms with E-state index in [9.17, 15) is 18.4 Å². The van der Waals surface area contributed by atoms with Gasteiger partial charge in [-0.25, -0.2) is 8.78 Å². The first-order valence-corrected chi connectivity index (χ1v) is 7.55. The van der Waals surface area contributed by atoms with Gasteiger partial charge in [0.25, 0.3) is 0 Å². The zero-order valence-corrected chi connectivity index (χ0v) is 12.6. The van der Waals surface area contributed by atoms with Gasteiger partial charge in [-0.15, -0.1) is 0 Å². The predicted molar refractivity (Wildman–Crippen MR) is 77.7 cm³/mol. The normalized spacial score (nSPS) is 20.4. The maximum atomic E-state index is 13.3. The van der Waals surface area contributed by atoms with Crippen LogP contribution in [0.25, 0.3) is 0 Å². The molecule has 1 aliphatic rings. The molecule has 5 nitrogen and oxygen atoms in total. The molecule has 2 N–H and O–H groups in total. The minimum atomic E-state index is -0.947. The highest BCUT2D eigenvalue weighted by atomic mass is 19.2. The minimum Gasteiger partial charge on any atom is -0.481 e. The predicted octanol–water partition coefficient (Wildman–Crippen LogP) is 2.56. The maximum Gasteiger partial charge on any atom is 0.303 e. The second-order valence-electron chi connectivity index (χ2n) is 5.53. The van der Waals surface area contributed by atoms with Crippen molar-refractivity contribution in [3.05, 3.63) is 35.4 Å². The number of benzene rings is 1. The summed E-state index contributed by atoms with van der Waals surface area (Å²) in [7, 11) is 0. The zero-order valence-electron chi connectivity index (χ0n) is 12.6. The van der Waals surface area contributed by atoms with E-state index in [1.165, 1.54) is 6.07 Å². The molecular weight excluding hydrogens is 308 g/mol. The van der Waals surface area contributed by atoms with Crippen LogP contribution in [0.1, 0.15) is 43.8 Å². The Morgan fingerprint density at radius 2 is 1.96 bits per heavy atom. The Balaban J connectivity index is 1.87. The molecule has 1 aliphatic heterocycles. The van der Waals surface area contributed by atoms with Crippen LogP contribution in [0.4, 0.5) is 8.78 Å². The number of amides is 1. The Kier molecular flexibility index (Phi) is 6.04. The number of carboxylic acids is 1. The fraction of sp³-hybridized carbons (Fsp3) is 0.500. The number of carbonyl (C=O) groups excluding carboxylic acids is 1. The van der Waals surface area contributed by atoms with E-state index in [4.69, 9.17) is 9.84 Å². The average molecular weight is 327 g/mol. The van der Waals surface area contributed by atoms with E-state index in [-0.39, 0.29) is 24.8 Å². The minimum absolute atomic E-state index is 0.0390. The number of rotatable bonds is 7. The fourth-order valence-corrected chi connectivity index (χ4v) is 2.60. The molecule has 1 heterocycles. The monoisotopic (exact) mass is 327 g/mol. The number of halogens is 2. The van der Waals surface area contributed by atoms with Gasteiger partial charge in [0.15, 0.2) is 11.6 Å². The lowest BCUT2D eigenvalue weighted by Crippen LogP contribution is -2.36. The number of unbranched alkanes of at least 4 members (excludes halogenated alkanes) is 1. The topological polar surface area (TPSA) is 75.6 Å². The van der Waals surface area contributed by atoms with Crippen molar-refractivity contribution in [1.82, 2.24) is 5.32 Å². The van der Waals surface area contributed by atoms with Gasteiger partial charge in [0, 0.05) is 19.4 Å². The molecule has 7 heteroatoms. The van der Waals surface area contributed by atoms with Gasteiger partial charge in [0.05, 0.1) is 6.04 Å². The number of nitrogens with one attached hydrogen (secondary N) is 1. The number of carbonyl (C=O) groups is 2. The zero-order chi connectivity index (χ0) is 16.8. The molecular formula is C16H19F2NO4. The molecule has 0 aromatic heterocycles. The highest BCUT2D eigenvalue weighted by Crippen LogP contribution is 2.30. The van der Waals surface area contributed by atoms with E-state index in [2.05, 4.69) is 5.32 Å². The summed E-state index contributed by atoms with van der Waals surface area (Å²) in [4.78, 5) is 22.3. The summed E-state index contributed by atoms with van der Waals surface area (Å²) in [6, 6.07) is 3.27. The molecule has 126 valence electrons. The van der Waals surface area contributed by atoms with Crippen molar-refractivity contribution in [3.8, 4) is 0 Å². The van der Waals surface area contributed by atoms with Gasteiger partial charge in [0.2, 0.25) is 5.91 Å². The lowest BCUT2D eigenvalue weighted by molar-refractivity contribution is -0.137. The van der Waals surface area contributed by atoms with Gasteiger partial charge in [0.1, 0.15) is 6.10 Å². The molecule has 0 spiro atoms. The quantitative estimate of drug-likeness (QED) is 0.755. The van der Waals surface area contributed by atoms with Gasteiger partial charge in [-0.2, -0.15) is 0 Å². The molecule has 2 unspecified atom stereocenters. The Hall–Kier alpha value is -2.02. The molecule has 0 aliphatic carbocycles. The summed E-state index contributed by atoms with van der Waals surface area (Å²) in [5, 5.41) is 11.4. The summed E-state index contributed by atoms with van der Waals surface area (Å²) < 4.78 is 31.8. The number of ether oxygens (including phenoxy) is 1. The van der Waals surface area contributed by atoms with E-state index in [0.29, 0.717) is 31.4 Å². The van der Waals surface area contributed by atoms with Crippen LogP contribution < -0.4 is 5.32 Å². The van der Waals surface area contributed by atoms with Crippen molar-refractivity contribution in [2.45, 2.75) is 44.2 Å². The summed E-state index contributed by atoms with van der Waals surface area (Å²) in [6.45, 7) is 0.424. The summed E-state index contributed by atoms with van der Waals surface area (Å²) >= 11 is 0. The molecule has 2 atom stereocenters. The van der Waals surface area contributed by atoms with Crippen molar-refractivity contribution in [2.75, 3.05) is 6.61 Å². The van der Waals surface area contributed by atoms with Crippen LogP contribution >= 0.6 is 0 Å². The van der Waals surface area contributed by atoms with Crippen molar-refractivity contribution < 1.29 is 28.2 Å². The molecule has 0 saturated carbocycles. The van der Waals surface area contributed by atoms with Gasteiger partial charge < -0.3 is 15.2 Å². The number of hydrogen-bond acceptors (Lipinski definition) is 3. The average Bonchev–Trinajstić information content (AvgIpc) is 2.94. The fourth-order valence-electron chi connectivity index (χ4n) is 2.60. The highest BCUT2D eigenvalue weighted by Gasteiger charge is 2.31. The van der Waals surface area contributed by atoms with Gasteiger partial charge in [-0.05, 0) is 37.0 Å². The van der Waals surface area contributed by atoms with E-state index in [0.717, 1.165) is 12.1 Å². The number of hydrogen-bond donors (Lipinski definition) is 2. The van der Waals surface area contributed by atoms with E-state index in [1.807, 2.05) is 0 Å². The molecule has 1 aromatic rings. The summed E-state index contributed by atoms with van der Waals surface area (Å²) in [5.41, 5.74) is 0.484. The smallest absolute Gasteiger partial charge is 0.303 e. The lowest BCUT2D eigenvalue weighted by Gasteiger charge is -2.20. The maximum absolute atomic E-state index is 13.3. The Labute approximate surface area is 132 Å². The van der Waals surface area contributed by atoms with Gasteiger partial charge >= 0.3 is 5.97 Å². The second-order valence-corrected chi connectivity index (χ2v) is 5.53. The summed E-state index contributed by atoms with van der Waals surface area (Å²) in [5.74, 6) is -2.95. The van der Waals surface area contributed by atoms with E-state index >= 15 is 0 Å². The molecule has 1 amide bonds. The second kappa shape index (κ2) is 8.01. The SMILES string of the molecule is O=C(O)CCCCC(=O)NC1CCOC1c1ccc(F)c(F)c1. The first-order valence-electron chi connectivity index (χ1n) is 7.55. The summed E-state index contributed by atoms with van der Waals surface area (Å²) in [6.07, 6.45) is 1.28. The first-order chi connectivity index (χ1) is 11.0. The van der Waals surface area contributed by atoms with Crippen LogP contribution in [0.3, 0.4) is 0 Å². The van der Waals surface area contributed by atoms with Crippen molar-refractivity contribution in [2.24, 2.45) is 0 Å². The van der Waals surface area contributed by atoms with Crippen LogP contribution in [0.5, 0.6) is 0 Å². The van der Waals surface area contributed by atoms with E-state index < -0.39 is 23.7 Å². The molecule has 0 bridgehead atoms. The van der Waals surface area contributed by atoms with Gasteiger partial charge in [-0.3, -0.25) is 9.59 Å². The molecule has 23 heavy (non-hydrogen) atoms. The molecule has 1 saturated heterocycles. The van der Waals surface area contributed by atoms with Crippen LogP contribution in [-0.2, 0) is 14.3 Å². The van der Waals surface area contributed by atoms with E-state index in [1.54, 1.807) is 0 Å². The molecule has 1 aromatic carbocycles. The third-order valence-electron chi connectivity index (χ3n) is 3.75. The third kappa shape index (κ3) is 4.99. The Bertz CT molecular complexity index is 579. The van der Waals surface area contributed by atoms with Crippen molar-refractivity contribution in [3.63, 3.8) is 0 Å². The van der Waals surface area contributed by atoms with Crippen LogP contribution in [-0.4, -0.2) is 29.6 Å². The van der Waals surface area contributed by atoms with Crippen molar-refractivity contribution in [1.29, 1.82) is 0 Å². The number of aliphatic carboxylic acids is 1. The third-order valence-corrected chi connectivity index (χ3v) is 3.75. The highest BCUT2D eigenvalue weighted by molar-refractivity contribution is 5.76. The lowest BCUT2D eigenvalue weighted by atomic mass is 10.0. The first kappa shape index (κ1) is 17.3. The molecule has 0 radical (unpaired) electrons. The number of carboxylic acid groups (broad SMARTS) is 1.